The third kappa shape index (κ3) is 3.95. The third-order valence-electron chi connectivity index (χ3n) is 5.82. The Bertz CT molecular complexity index is 1290. The van der Waals surface area contributed by atoms with Crippen LogP contribution in [-0.4, -0.2) is 50.9 Å². The highest BCUT2D eigenvalue weighted by Crippen LogP contribution is 2.41. The summed E-state index contributed by atoms with van der Waals surface area (Å²) in [6.45, 7) is 3.32. The maximum atomic E-state index is 12.9. The minimum absolute atomic E-state index is 0.0851. The predicted molar refractivity (Wildman–Crippen MR) is 121 cm³/mol. The number of benzene rings is 2. The summed E-state index contributed by atoms with van der Waals surface area (Å²) in [5.41, 5.74) is 2.25. The number of rotatable bonds is 7. The van der Waals surface area contributed by atoms with Crippen LogP contribution in [0.1, 0.15) is 41.4 Å². The summed E-state index contributed by atoms with van der Waals surface area (Å²) >= 11 is 0. The number of hydrogen-bond donors (Lipinski definition) is 3. The lowest BCUT2D eigenvalue weighted by atomic mass is 9.94. The van der Waals surface area contributed by atoms with Crippen molar-refractivity contribution in [3.8, 4) is 5.75 Å². The molecule has 0 saturated heterocycles. The molecular formula is C25H24N2O6. The van der Waals surface area contributed by atoms with Gasteiger partial charge >= 0.3 is 5.97 Å². The van der Waals surface area contributed by atoms with Crippen molar-refractivity contribution in [3.05, 3.63) is 76.7 Å². The minimum atomic E-state index is -0.976. The van der Waals surface area contributed by atoms with Crippen LogP contribution in [0.25, 0.3) is 10.9 Å². The summed E-state index contributed by atoms with van der Waals surface area (Å²) in [6.07, 6.45) is 2.33. The van der Waals surface area contributed by atoms with Crippen LogP contribution in [0.3, 0.4) is 0 Å². The molecule has 1 atom stereocenters. The Morgan fingerprint density at radius 3 is 2.61 bits per heavy atom. The van der Waals surface area contributed by atoms with E-state index in [9.17, 15) is 24.6 Å². The van der Waals surface area contributed by atoms with Crippen molar-refractivity contribution < 1.29 is 29.3 Å². The van der Waals surface area contributed by atoms with E-state index in [1.165, 1.54) is 30.0 Å². The van der Waals surface area contributed by atoms with Crippen LogP contribution in [0, 0.1) is 0 Å². The first-order valence-electron chi connectivity index (χ1n) is 10.6. The summed E-state index contributed by atoms with van der Waals surface area (Å²) in [5, 5.41) is 22.2. The maximum absolute atomic E-state index is 12.9. The van der Waals surface area contributed by atoms with E-state index in [2.05, 4.69) is 4.98 Å². The largest absolute Gasteiger partial charge is 0.508 e. The molecule has 1 aliphatic rings. The van der Waals surface area contributed by atoms with Gasteiger partial charge in [-0.25, -0.2) is 4.79 Å². The molecule has 0 saturated carbocycles. The van der Waals surface area contributed by atoms with Crippen LogP contribution >= 0.6 is 0 Å². The van der Waals surface area contributed by atoms with E-state index in [1.54, 1.807) is 6.92 Å². The zero-order valence-electron chi connectivity index (χ0n) is 18.3. The maximum Gasteiger partial charge on any atom is 0.338 e. The number of aromatic amines is 1. The lowest BCUT2D eigenvalue weighted by Gasteiger charge is -2.27. The van der Waals surface area contributed by atoms with Gasteiger partial charge in [0.1, 0.15) is 5.75 Å². The number of aromatic hydroxyl groups is 1. The molecule has 2 aromatic carbocycles. The zero-order valence-corrected chi connectivity index (χ0v) is 18.3. The Hall–Kier alpha value is -4.07. The summed E-state index contributed by atoms with van der Waals surface area (Å²) < 4.78 is 4.96. The van der Waals surface area contributed by atoms with Crippen LogP contribution in [0.4, 0.5) is 0 Å². The van der Waals surface area contributed by atoms with Crippen LogP contribution in [0.5, 0.6) is 5.75 Å². The van der Waals surface area contributed by atoms with Crippen molar-refractivity contribution in [2.75, 3.05) is 13.2 Å². The minimum Gasteiger partial charge on any atom is -0.508 e. The number of phenols is 1. The van der Waals surface area contributed by atoms with E-state index in [0.29, 0.717) is 6.42 Å². The van der Waals surface area contributed by atoms with Crippen molar-refractivity contribution >= 4 is 28.6 Å². The van der Waals surface area contributed by atoms with Crippen molar-refractivity contribution in [2.24, 2.45) is 0 Å². The van der Waals surface area contributed by atoms with Crippen molar-refractivity contribution in [1.82, 2.24) is 9.88 Å². The molecule has 1 unspecified atom stereocenters. The van der Waals surface area contributed by atoms with E-state index >= 15 is 0 Å². The lowest BCUT2D eigenvalue weighted by molar-refractivity contribution is -0.129. The fraction of sp³-hybridized carbons (Fsp3) is 0.240. The standard InChI is InChI=1S/C25H24N2O6/c1-3-33-25(32)15-8-9-18(20(29)12-15)22-21(14(2)28)23(30)24(31)27(22)11-10-16-13-26-19-7-5-4-6-17(16)19/h4-9,12-13,22,26,29-30H,3,10-11H2,1-2H3. The van der Waals surface area contributed by atoms with Crippen molar-refractivity contribution in [2.45, 2.75) is 26.3 Å². The third-order valence-corrected chi connectivity index (χ3v) is 5.82. The highest BCUT2D eigenvalue weighted by Gasteiger charge is 2.43. The number of H-pyrrole nitrogens is 1. The molecule has 33 heavy (non-hydrogen) atoms. The molecule has 1 aromatic heterocycles. The Balaban J connectivity index is 1.68. The average molecular weight is 448 g/mol. The number of aliphatic hydroxyl groups is 1. The van der Waals surface area contributed by atoms with Gasteiger partial charge in [-0.05, 0) is 44.0 Å². The Morgan fingerprint density at radius 2 is 1.91 bits per heavy atom. The summed E-state index contributed by atoms with van der Waals surface area (Å²) in [7, 11) is 0. The molecule has 4 rings (SSSR count). The fourth-order valence-electron chi connectivity index (χ4n) is 4.26. The Morgan fingerprint density at radius 1 is 1.15 bits per heavy atom. The average Bonchev–Trinajstić information content (AvgIpc) is 3.31. The van der Waals surface area contributed by atoms with E-state index in [0.717, 1.165) is 16.5 Å². The highest BCUT2D eigenvalue weighted by molar-refractivity contribution is 6.08. The molecule has 8 nitrogen and oxygen atoms in total. The van der Waals surface area contributed by atoms with Crippen molar-refractivity contribution in [3.63, 3.8) is 0 Å². The molecule has 0 radical (unpaired) electrons. The van der Waals surface area contributed by atoms with Gasteiger partial charge < -0.3 is 24.8 Å². The molecule has 1 amide bonds. The smallest absolute Gasteiger partial charge is 0.338 e. The number of hydrogen-bond acceptors (Lipinski definition) is 6. The molecule has 0 bridgehead atoms. The van der Waals surface area contributed by atoms with Gasteiger partial charge in [-0.1, -0.05) is 24.3 Å². The molecule has 0 aliphatic carbocycles. The van der Waals surface area contributed by atoms with Gasteiger partial charge in [0.15, 0.2) is 11.5 Å². The second-order valence-corrected chi connectivity index (χ2v) is 7.82. The molecule has 0 fully saturated rings. The first-order valence-corrected chi connectivity index (χ1v) is 10.6. The zero-order chi connectivity index (χ0) is 23.7. The van der Waals surface area contributed by atoms with E-state index in [4.69, 9.17) is 4.74 Å². The van der Waals surface area contributed by atoms with Crippen LogP contribution in [-0.2, 0) is 20.7 Å². The normalized spacial score (nSPS) is 16.0. The van der Waals surface area contributed by atoms with E-state index in [-0.39, 0.29) is 35.6 Å². The first kappa shape index (κ1) is 22.1. The quantitative estimate of drug-likeness (QED) is 0.475. The van der Waals surface area contributed by atoms with E-state index < -0.39 is 29.5 Å². The highest BCUT2D eigenvalue weighted by atomic mass is 16.5. The number of nitrogens with one attached hydrogen (secondary N) is 1. The molecule has 3 aromatic rings. The monoisotopic (exact) mass is 448 g/mol. The van der Waals surface area contributed by atoms with Gasteiger partial charge in [0, 0.05) is 29.2 Å². The fourth-order valence-corrected chi connectivity index (χ4v) is 4.26. The number of aliphatic hydroxyl groups excluding tert-OH is 1. The number of Topliss-reactive ketones (excluding diaryl/α,β-unsaturated/α-hetero) is 1. The number of ketones is 1. The molecule has 1 aliphatic heterocycles. The number of fused-ring (bicyclic) bond motifs is 1. The molecule has 8 heteroatoms. The number of amides is 1. The summed E-state index contributed by atoms with van der Waals surface area (Å²) in [6, 6.07) is 11.0. The molecule has 3 N–H and O–H groups in total. The number of para-hydroxylation sites is 1. The lowest BCUT2D eigenvalue weighted by Crippen LogP contribution is -2.33. The summed E-state index contributed by atoms with van der Waals surface area (Å²) in [4.78, 5) is 41.8. The van der Waals surface area contributed by atoms with Gasteiger partial charge in [-0.3, -0.25) is 9.59 Å². The molecule has 170 valence electrons. The number of ether oxygens (including phenoxy) is 1. The van der Waals surface area contributed by atoms with Gasteiger partial charge in [-0.15, -0.1) is 0 Å². The van der Waals surface area contributed by atoms with Crippen LogP contribution < -0.4 is 0 Å². The number of aromatic nitrogens is 1. The molecule has 2 heterocycles. The van der Waals surface area contributed by atoms with Gasteiger partial charge in [0.25, 0.3) is 5.91 Å². The number of carbonyl (C=O) groups is 3. The number of carbonyl (C=O) groups excluding carboxylic acids is 3. The van der Waals surface area contributed by atoms with E-state index in [1.807, 2.05) is 30.5 Å². The van der Waals surface area contributed by atoms with Crippen LogP contribution in [0.15, 0.2) is 60.0 Å². The topological polar surface area (TPSA) is 120 Å². The van der Waals surface area contributed by atoms with Gasteiger partial charge in [0.05, 0.1) is 23.8 Å². The van der Waals surface area contributed by atoms with Gasteiger partial charge in [0.2, 0.25) is 0 Å². The number of nitrogens with zero attached hydrogens (tertiary/aromatic N) is 1. The summed E-state index contributed by atoms with van der Waals surface area (Å²) in [5.74, 6) is -2.65. The number of esters is 1. The van der Waals surface area contributed by atoms with Crippen molar-refractivity contribution in [1.29, 1.82) is 0 Å². The Labute approximate surface area is 190 Å². The first-order chi connectivity index (χ1) is 15.8. The van der Waals surface area contributed by atoms with Crippen LogP contribution in [0.2, 0.25) is 0 Å². The second-order valence-electron chi connectivity index (χ2n) is 7.82. The Kier molecular flexibility index (Phi) is 5.91. The van der Waals surface area contributed by atoms with Gasteiger partial charge in [-0.2, -0.15) is 0 Å². The second kappa shape index (κ2) is 8.82. The number of phenolic OH excluding ortho intramolecular Hbond substituents is 1. The predicted octanol–water partition coefficient (Wildman–Crippen LogP) is 3.58. The molecular weight excluding hydrogens is 424 g/mol. The SMILES string of the molecule is CCOC(=O)c1ccc(C2C(C(C)=O)=C(O)C(=O)N2CCc2c[nH]c3ccccc23)c(O)c1. The molecule has 0 spiro atoms.